The summed E-state index contributed by atoms with van der Waals surface area (Å²) in [6.07, 6.45) is 1.10. The van der Waals surface area contributed by atoms with Crippen LogP contribution in [-0.4, -0.2) is 18.2 Å². The van der Waals surface area contributed by atoms with Gasteiger partial charge in [-0.05, 0) is 52.6 Å². The molecule has 2 heterocycles. The lowest BCUT2D eigenvalue weighted by atomic mass is 9.81. The van der Waals surface area contributed by atoms with E-state index in [0.29, 0.717) is 12.0 Å². The monoisotopic (exact) mass is 253 g/mol. The zero-order valence-electron chi connectivity index (χ0n) is 11.4. The van der Waals surface area contributed by atoms with Crippen molar-refractivity contribution in [1.29, 1.82) is 0 Å². The number of rotatable bonds is 3. The van der Waals surface area contributed by atoms with Gasteiger partial charge in [0.1, 0.15) is 0 Å². The summed E-state index contributed by atoms with van der Waals surface area (Å²) in [5, 5.41) is 5.62. The van der Waals surface area contributed by atoms with E-state index in [0.717, 1.165) is 6.42 Å². The van der Waals surface area contributed by atoms with Crippen molar-refractivity contribution in [3.63, 3.8) is 0 Å². The highest BCUT2D eigenvalue weighted by Gasteiger charge is 2.49. The molecule has 1 aromatic rings. The second-order valence-electron chi connectivity index (χ2n) is 6.06. The van der Waals surface area contributed by atoms with Crippen molar-refractivity contribution in [3.05, 3.63) is 22.4 Å². The van der Waals surface area contributed by atoms with Crippen LogP contribution >= 0.6 is 11.3 Å². The van der Waals surface area contributed by atoms with Gasteiger partial charge in [-0.2, -0.15) is 0 Å². The van der Waals surface area contributed by atoms with E-state index in [1.165, 1.54) is 4.88 Å². The van der Waals surface area contributed by atoms with Crippen molar-refractivity contribution >= 4 is 11.3 Å². The van der Waals surface area contributed by atoms with E-state index >= 15 is 0 Å². The molecule has 0 bridgehead atoms. The molecule has 0 aliphatic carbocycles. The van der Waals surface area contributed by atoms with Gasteiger partial charge < -0.3 is 10.1 Å². The van der Waals surface area contributed by atoms with Gasteiger partial charge in [0.05, 0.1) is 11.2 Å². The molecule has 1 saturated heterocycles. The van der Waals surface area contributed by atoms with Gasteiger partial charge >= 0.3 is 0 Å². The lowest BCUT2D eigenvalue weighted by molar-refractivity contribution is -0.0775. The minimum Gasteiger partial charge on any atom is -0.369 e. The van der Waals surface area contributed by atoms with Crippen LogP contribution < -0.4 is 5.32 Å². The van der Waals surface area contributed by atoms with E-state index in [-0.39, 0.29) is 11.2 Å². The van der Waals surface area contributed by atoms with Crippen LogP contribution in [0.25, 0.3) is 0 Å². The maximum absolute atomic E-state index is 6.19. The van der Waals surface area contributed by atoms with Crippen molar-refractivity contribution in [2.75, 3.05) is 7.05 Å². The standard InChI is InChI=1S/C14H23NOS/c1-13(2)9-10(14(3,4)16-13)12(15-5)11-7-6-8-17-11/h6-8,10,12,15H,9H2,1-5H3. The largest absolute Gasteiger partial charge is 0.369 e. The van der Waals surface area contributed by atoms with Crippen LogP contribution in [0.4, 0.5) is 0 Å². The highest BCUT2D eigenvalue weighted by Crippen LogP contribution is 2.48. The molecule has 0 radical (unpaired) electrons. The molecule has 1 aromatic heterocycles. The fourth-order valence-corrected chi connectivity index (χ4v) is 4.03. The van der Waals surface area contributed by atoms with E-state index < -0.39 is 0 Å². The van der Waals surface area contributed by atoms with Gasteiger partial charge in [0.2, 0.25) is 0 Å². The Balaban J connectivity index is 2.26. The topological polar surface area (TPSA) is 21.3 Å². The van der Waals surface area contributed by atoms with Crippen LogP contribution in [0.5, 0.6) is 0 Å². The van der Waals surface area contributed by atoms with Crippen LogP contribution in [0.1, 0.15) is 45.0 Å². The summed E-state index contributed by atoms with van der Waals surface area (Å²) < 4.78 is 6.19. The number of nitrogens with one attached hydrogen (secondary N) is 1. The first-order valence-electron chi connectivity index (χ1n) is 6.26. The van der Waals surface area contributed by atoms with Crippen LogP contribution in [0.15, 0.2) is 17.5 Å². The summed E-state index contributed by atoms with van der Waals surface area (Å²) in [6.45, 7) is 8.81. The quantitative estimate of drug-likeness (QED) is 0.888. The lowest BCUT2D eigenvalue weighted by Gasteiger charge is -2.32. The Morgan fingerprint density at radius 2 is 2.12 bits per heavy atom. The average Bonchev–Trinajstić information content (AvgIpc) is 2.74. The van der Waals surface area contributed by atoms with Gasteiger partial charge in [-0.15, -0.1) is 11.3 Å². The Labute approximate surface area is 108 Å². The van der Waals surface area contributed by atoms with Crippen LogP contribution in [0, 0.1) is 5.92 Å². The van der Waals surface area contributed by atoms with Gasteiger partial charge in [0.25, 0.3) is 0 Å². The second kappa shape index (κ2) is 4.38. The molecule has 2 atom stereocenters. The molecular formula is C14H23NOS. The fraction of sp³-hybridized carbons (Fsp3) is 0.714. The van der Waals surface area contributed by atoms with E-state index in [1.807, 2.05) is 18.4 Å². The molecule has 3 heteroatoms. The number of hydrogen-bond acceptors (Lipinski definition) is 3. The molecule has 0 spiro atoms. The van der Waals surface area contributed by atoms with Crippen molar-refractivity contribution in [1.82, 2.24) is 5.32 Å². The van der Waals surface area contributed by atoms with E-state index in [2.05, 4.69) is 50.5 Å². The summed E-state index contributed by atoms with van der Waals surface area (Å²) in [6, 6.07) is 4.73. The summed E-state index contributed by atoms with van der Waals surface area (Å²) in [5.41, 5.74) is -0.0817. The molecule has 1 N–H and O–H groups in total. The van der Waals surface area contributed by atoms with E-state index in [9.17, 15) is 0 Å². The Bertz CT molecular complexity index is 370. The molecular weight excluding hydrogens is 230 g/mol. The average molecular weight is 253 g/mol. The van der Waals surface area contributed by atoms with Crippen LogP contribution in [0.3, 0.4) is 0 Å². The highest BCUT2D eigenvalue weighted by molar-refractivity contribution is 7.10. The van der Waals surface area contributed by atoms with Gasteiger partial charge in [-0.25, -0.2) is 0 Å². The summed E-state index contributed by atoms with van der Waals surface area (Å²) in [4.78, 5) is 1.41. The Hall–Kier alpha value is -0.380. The molecule has 1 aliphatic heterocycles. The molecule has 2 nitrogen and oxygen atoms in total. The first-order valence-corrected chi connectivity index (χ1v) is 7.14. The number of thiophene rings is 1. The van der Waals surface area contributed by atoms with Gasteiger partial charge in [0, 0.05) is 16.8 Å². The zero-order valence-corrected chi connectivity index (χ0v) is 12.2. The highest BCUT2D eigenvalue weighted by atomic mass is 32.1. The van der Waals surface area contributed by atoms with E-state index in [1.54, 1.807) is 0 Å². The zero-order chi connectivity index (χ0) is 12.7. The minimum absolute atomic E-state index is 0.0134. The summed E-state index contributed by atoms with van der Waals surface area (Å²) in [5.74, 6) is 0.515. The molecule has 2 rings (SSSR count). The molecule has 0 aromatic carbocycles. The third kappa shape index (κ3) is 2.56. The van der Waals surface area contributed by atoms with Crippen molar-refractivity contribution in [2.45, 2.75) is 51.4 Å². The second-order valence-corrected chi connectivity index (χ2v) is 7.04. The predicted octanol–water partition coefficient (Wildman–Crippen LogP) is 3.60. The first kappa shape index (κ1) is 13.1. The predicted molar refractivity (Wildman–Crippen MR) is 73.5 cm³/mol. The smallest absolute Gasteiger partial charge is 0.0681 e. The SMILES string of the molecule is CNC(c1cccs1)C1CC(C)(C)OC1(C)C. The Kier molecular flexibility index (Phi) is 3.36. The first-order chi connectivity index (χ1) is 7.86. The third-order valence-electron chi connectivity index (χ3n) is 3.71. The van der Waals surface area contributed by atoms with Crippen LogP contribution in [-0.2, 0) is 4.74 Å². The summed E-state index contributed by atoms with van der Waals surface area (Å²) >= 11 is 1.83. The molecule has 1 aliphatic rings. The van der Waals surface area contributed by atoms with Gasteiger partial charge in [-0.1, -0.05) is 6.07 Å². The maximum Gasteiger partial charge on any atom is 0.0681 e. The van der Waals surface area contributed by atoms with Gasteiger partial charge in [0.15, 0.2) is 0 Å². The van der Waals surface area contributed by atoms with Crippen molar-refractivity contribution in [2.24, 2.45) is 5.92 Å². The van der Waals surface area contributed by atoms with Crippen LogP contribution in [0.2, 0.25) is 0 Å². The van der Waals surface area contributed by atoms with Crippen molar-refractivity contribution in [3.8, 4) is 0 Å². The fourth-order valence-electron chi connectivity index (χ4n) is 3.13. The van der Waals surface area contributed by atoms with Crippen molar-refractivity contribution < 1.29 is 4.74 Å². The summed E-state index contributed by atoms with van der Waals surface area (Å²) in [7, 11) is 2.05. The Morgan fingerprint density at radius 1 is 1.41 bits per heavy atom. The Morgan fingerprint density at radius 3 is 2.53 bits per heavy atom. The number of hydrogen-bond donors (Lipinski definition) is 1. The minimum atomic E-state index is -0.0683. The molecule has 1 fully saturated rings. The normalized spacial score (nSPS) is 28.2. The molecule has 0 amide bonds. The molecule has 96 valence electrons. The lowest BCUT2D eigenvalue weighted by Crippen LogP contribution is -2.36. The molecule has 2 unspecified atom stereocenters. The molecule has 17 heavy (non-hydrogen) atoms. The van der Waals surface area contributed by atoms with Gasteiger partial charge in [-0.3, -0.25) is 0 Å². The molecule has 0 saturated carbocycles. The maximum atomic E-state index is 6.19. The third-order valence-corrected chi connectivity index (χ3v) is 4.66. The van der Waals surface area contributed by atoms with E-state index in [4.69, 9.17) is 4.74 Å². The number of ether oxygens (including phenoxy) is 1.